The molecule has 4 N–H and O–H groups in total. The molecular weight excluding hydrogens is 290 g/mol. The second-order valence-electron chi connectivity index (χ2n) is 3.95. The van der Waals surface area contributed by atoms with E-state index in [1.54, 1.807) is 13.8 Å². The van der Waals surface area contributed by atoms with E-state index in [1.807, 2.05) is 0 Å². The molecule has 19 heavy (non-hydrogen) atoms. The van der Waals surface area contributed by atoms with Gasteiger partial charge >= 0.3 is 0 Å². The van der Waals surface area contributed by atoms with Gasteiger partial charge in [-0.2, -0.15) is 13.1 Å². The Labute approximate surface area is 113 Å². The van der Waals surface area contributed by atoms with Crippen LogP contribution in [-0.2, 0) is 20.2 Å². The molecule has 0 bridgehead atoms. The summed E-state index contributed by atoms with van der Waals surface area (Å²) in [5.74, 6) is 0. The second kappa shape index (κ2) is 5.97. The molecule has 0 aliphatic heterocycles. The third-order valence-electron chi connectivity index (χ3n) is 2.37. The van der Waals surface area contributed by atoms with Gasteiger partial charge in [0.1, 0.15) is 0 Å². The molecule has 0 heterocycles. The SMILES string of the molecule is CCNS(=O)(=O)NC(C)c1ccc(S(N)(=O)=O)cc1. The maximum atomic E-state index is 11.5. The van der Waals surface area contributed by atoms with Gasteiger partial charge in [0.25, 0.3) is 10.2 Å². The van der Waals surface area contributed by atoms with Crippen molar-refractivity contribution in [3.05, 3.63) is 29.8 Å². The van der Waals surface area contributed by atoms with Gasteiger partial charge in [-0.05, 0) is 24.6 Å². The first-order valence-electron chi connectivity index (χ1n) is 5.55. The number of nitrogens with two attached hydrogens (primary N) is 1. The van der Waals surface area contributed by atoms with Crippen LogP contribution < -0.4 is 14.6 Å². The number of hydrogen-bond acceptors (Lipinski definition) is 4. The molecular formula is C10H17N3O4S2. The van der Waals surface area contributed by atoms with Gasteiger partial charge in [0.2, 0.25) is 10.0 Å². The molecule has 0 radical (unpaired) electrons. The van der Waals surface area contributed by atoms with Crippen LogP contribution in [0.2, 0.25) is 0 Å². The van der Waals surface area contributed by atoms with Crippen LogP contribution in [0.4, 0.5) is 0 Å². The maximum Gasteiger partial charge on any atom is 0.277 e. The van der Waals surface area contributed by atoms with Crippen LogP contribution in [-0.4, -0.2) is 23.4 Å². The zero-order valence-electron chi connectivity index (χ0n) is 10.6. The minimum atomic E-state index is -3.74. The van der Waals surface area contributed by atoms with Crippen LogP contribution >= 0.6 is 0 Å². The van der Waals surface area contributed by atoms with Crippen LogP contribution in [0.15, 0.2) is 29.2 Å². The molecule has 0 saturated heterocycles. The third kappa shape index (κ3) is 4.88. The largest absolute Gasteiger partial charge is 0.277 e. The normalized spacial score (nSPS) is 14.3. The Kier molecular flexibility index (Phi) is 5.04. The van der Waals surface area contributed by atoms with Crippen molar-refractivity contribution in [2.45, 2.75) is 24.8 Å². The Morgan fingerprint density at radius 3 is 2.11 bits per heavy atom. The Morgan fingerprint density at radius 2 is 1.68 bits per heavy atom. The molecule has 1 aromatic rings. The van der Waals surface area contributed by atoms with E-state index in [1.165, 1.54) is 24.3 Å². The van der Waals surface area contributed by atoms with Gasteiger partial charge in [0.05, 0.1) is 4.90 Å². The highest BCUT2D eigenvalue weighted by atomic mass is 32.2. The average Bonchev–Trinajstić information content (AvgIpc) is 2.27. The summed E-state index contributed by atoms with van der Waals surface area (Å²) in [5, 5.41) is 4.97. The number of primary sulfonamides is 1. The first-order chi connectivity index (χ1) is 8.65. The lowest BCUT2D eigenvalue weighted by molar-refractivity contribution is 0.554. The molecule has 7 nitrogen and oxygen atoms in total. The Morgan fingerprint density at radius 1 is 1.16 bits per heavy atom. The van der Waals surface area contributed by atoms with Gasteiger partial charge < -0.3 is 0 Å². The van der Waals surface area contributed by atoms with E-state index in [2.05, 4.69) is 9.44 Å². The van der Waals surface area contributed by atoms with Gasteiger partial charge in [0, 0.05) is 12.6 Å². The summed E-state index contributed by atoms with van der Waals surface area (Å²) in [4.78, 5) is -0.0157. The first-order valence-corrected chi connectivity index (χ1v) is 8.58. The summed E-state index contributed by atoms with van der Waals surface area (Å²) in [6.45, 7) is 3.61. The molecule has 0 fully saturated rings. The van der Waals surface area contributed by atoms with Crippen molar-refractivity contribution >= 4 is 20.2 Å². The van der Waals surface area contributed by atoms with Crippen molar-refractivity contribution in [2.75, 3.05) is 6.54 Å². The highest BCUT2D eigenvalue weighted by Gasteiger charge is 2.15. The van der Waals surface area contributed by atoms with E-state index in [4.69, 9.17) is 5.14 Å². The summed E-state index contributed by atoms with van der Waals surface area (Å²) in [7, 11) is -7.30. The molecule has 0 spiro atoms. The summed E-state index contributed by atoms with van der Waals surface area (Å²) >= 11 is 0. The van der Waals surface area contributed by atoms with Crippen LogP contribution in [0.3, 0.4) is 0 Å². The standard InChI is InChI=1S/C10H17N3O4S2/c1-3-12-19(16,17)13-8(2)9-4-6-10(7-5-9)18(11,14)15/h4-8,12-13H,3H2,1-2H3,(H2,11,14,15). The van der Waals surface area contributed by atoms with Gasteiger partial charge in [-0.15, -0.1) is 0 Å². The van der Waals surface area contributed by atoms with Crippen molar-refractivity contribution in [1.82, 2.24) is 9.44 Å². The van der Waals surface area contributed by atoms with Crippen molar-refractivity contribution in [3.63, 3.8) is 0 Å². The molecule has 0 amide bonds. The first kappa shape index (κ1) is 16.1. The molecule has 9 heteroatoms. The van der Waals surface area contributed by atoms with E-state index in [-0.39, 0.29) is 11.4 Å². The fourth-order valence-corrected chi connectivity index (χ4v) is 3.06. The molecule has 1 unspecified atom stereocenters. The molecule has 0 saturated carbocycles. The molecule has 0 aliphatic rings. The van der Waals surface area contributed by atoms with Gasteiger partial charge in [-0.3, -0.25) is 0 Å². The number of hydrogen-bond donors (Lipinski definition) is 3. The summed E-state index contributed by atoms with van der Waals surface area (Å²) in [6, 6.07) is 5.21. The fraction of sp³-hybridized carbons (Fsp3) is 0.400. The maximum absolute atomic E-state index is 11.5. The van der Waals surface area contributed by atoms with Crippen LogP contribution in [0, 0.1) is 0 Å². The van der Waals surface area contributed by atoms with Crippen molar-refractivity contribution in [2.24, 2.45) is 5.14 Å². The van der Waals surface area contributed by atoms with Crippen LogP contribution in [0.5, 0.6) is 0 Å². The van der Waals surface area contributed by atoms with Crippen molar-refractivity contribution in [3.8, 4) is 0 Å². The Balaban J connectivity index is 2.88. The summed E-state index contributed by atoms with van der Waals surface area (Å²) < 4.78 is 49.9. The zero-order chi connectivity index (χ0) is 14.7. The summed E-state index contributed by atoms with van der Waals surface area (Å²) in [6.07, 6.45) is 0. The van der Waals surface area contributed by atoms with E-state index in [9.17, 15) is 16.8 Å². The lowest BCUT2D eigenvalue weighted by Crippen LogP contribution is -2.37. The summed E-state index contributed by atoms with van der Waals surface area (Å²) in [5.41, 5.74) is 0.633. The number of rotatable bonds is 6. The van der Waals surface area contributed by atoms with E-state index in [0.29, 0.717) is 5.56 Å². The minimum Gasteiger partial charge on any atom is -0.225 e. The molecule has 1 atom stereocenters. The molecule has 0 aromatic heterocycles. The molecule has 0 aliphatic carbocycles. The average molecular weight is 307 g/mol. The van der Waals surface area contributed by atoms with Gasteiger partial charge in [-0.25, -0.2) is 18.3 Å². The number of nitrogens with one attached hydrogen (secondary N) is 2. The minimum absolute atomic E-state index is 0.0157. The van der Waals surface area contributed by atoms with E-state index in [0.717, 1.165) is 0 Å². The van der Waals surface area contributed by atoms with Crippen LogP contribution in [0.1, 0.15) is 25.5 Å². The fourth-order valence-electron chi connectivity index (χ4n) is 1.48. The predicted molar refractivity (Wildman–Crippen MR) is 72.0 cm³/mol. The van der Waals surface area contributed by atoms with Crippen molar-refractivity contribution < 1.29 is 16.8 Å². The topological polar surface area (TPSA) is 118 Å². The van der Waals surface area contributed by atoms with E-state index < -0.39 is 26.3 Å². The predicted octanol–water partition coefficient (Wildman–Crippen LogP) is -0.161. The number of sulfonamides is 1. The third-order valence-corrected chi connectivity index (χ3v) is 4.64. The quantitative estimate of drug-likeness (QED) is 0.676. The van der Waals surface area contributed by atoms with Gasteiger partial charge in [0.15, 0.2) is 0 Å². The molecule has 108 valence electrons. The zero-order valence-corrected chi connectivity index (χ0v) is 12.3. The second-order valence-corrected chi connectivity index (χ2v) is 7.05. The Bertz CT molecular complexity index is 623. The van der Waals surface area contributed by atoms with Gasteiger partial charge in [-0.1, -0.05) is 19.1 Å². The highest BCUT2D eigenvalue weighted by Crippen LogP contribution is 2.15. The smallest absolute Gasteiger partial charge is 0.225 e. The lowest BCUT2D eigenvalue weighted by atomic mass is 10.1. The Hall–Kier alpha value is -1.00. The molecule has 1 rings (SSSR count). The lowest BCUT2D eigenvalue weighted by Gasteiger charge is -2.14. The van der Waals surface area contributed by atoms with Crippen LogP contribution in [0.25, 0.3) is 0 Å². The number of benzene rings is 1. The monoisotopic (exact) mass is 307 g/mol. The van der Waals surface area contributed by atoms with Crippen molar-refractivity contribution in [1.29, 1.82) is 0 Å². The highest BCUT2D eigenvalue weighted by molar-refractivity contribution is 7.89. The molecule has 1 aromatic carbocycles. The van der Waals surface area contributed by atoms with E-state index >= 15 is 0 Å².